The zero-order valence-electron chi connectivity index (χ0n) is 22.0. The van der Waals surface area contributed by atoms with Crippen LogP contribution >= 0.6 is 12.4 Å². The summed E-state index contributed by atoms with van der Waals surface area (Å²) in [7, 11) is 1.89. The van der Waals surface area contributed by atoms with Crippen LogP contribution in [0.2, 0.25) is 0 Å². The first-order valence-electron chi connectivity index (χ1n) is 12.3. The molecule has 3 amide bonds. The maximum absolute atomic E-state index is 14.6. The number of nitrogens with one attached hydrogen (secondary N) is 1. The molecule has 0 saturated carbocycles. The molecule has 0 radical (unpaired) electrons. The van der Waals surface area contributed by atoms with Gasteiger partial charge in [-0.15, -0.1) is 12.4 Å². The van der Waals surface area contributed by atoms with Crippen LogP contribution in [0.15, 0.2) is 18.2 Å². The Balaban J connectivity index is 0.00000456. The lowest BCUT2D eigenvalue weighted by Crippen LogP contribution is -2.60. The third-order valence-corrected chi connectivity index (χ3v) is 6.90. The van der Waals surface area contributed by atoms with E-state index >= 15 is 0 Å². The van der Waals surface area contributed by atoms with Gasteiger partial charge in [-0.05, 0) is 37.4 Å². The number of likely N-dealkylation sites (N-methyl/N-ethyl adjacent to an activating group) is 1. The van der Waals surface area contributed by atoms with Gasteiger partial charge in [-0.25, -0.2) is 8.78 Å². The van der Waals surface area contributed by atoms with E-state index in [4.69, 9.17) is 0 Å². The zero-order chi connectivity index (χ0) is 26.1. The fourth-order valence-electron chi connectivity index (χ4n) is 5.34. The van der Waals surface area contributed by atoms with E-state index in [1.54, 1.807) is 9.80 Å². The van der Waals surface area contributed by atoms with Crippen molar-refractivity contribution in [1.82, 2.24) is 20.0 Å². The monoisotopic (exact) mass is 528 g/mol. The minimum atomic E-state index is -0.640. The second-order valence-electron chi connectivity index (χ2n) is 11.3. The van der Waals surface area contributed by atoms with Gasteiger partial charge < -0.3 is 20.0 Å². The van der Waals surface area contributed by atoms with E-state index in [2.05, 4.69) is 5.32 Å². The van der Waals surface area contributed by atoms with E-state index in [1.807, 2.05) is 39.6 Å². The highest BCUT2D eigenvalue weighted by Crippen LogP contribution is 2.35. The van der Waals surface area contributed by atoms with Crippen LogP contribution in [0.4, 0.5) is 8.78 Å². The molecule has 2 aliphatic rings. The summed E-state index contributed by atoms with van der Waals surface area (Å²) in [6, 6.07) is 2.69. The van der Waals surface area contributed by atoms with Crippen molar-refractivity contribution in [3.05, 3.63) is 35.4 Å². The molecule has 7 nitrogen and oxygen atoms in total. The fraction of sp³-hybridized carbons (Fsp3) is 0.654. The van der Waals surface area contributed by atoms with Gasteiger partial charge in [0.25, 0.3) is 0 Å². The Bertz CT molecular complexity index is 971. The van der Waals surface area contributed by atoms with E-state index in [-0.39, 0.29) is 47.5 Å². The van der Waals surface area contributed by atoms with Crippen LogP contribution in [0.5, 0.6) is 0 Å². The maximum Gasteiger partial charge on any atom is 0.245 e. The summed E-state index contributed by atoms with van der Waals surface area (Å²) in [6.45, 7) is 11.5. The molecule has 0 aliphatic carbocycles. The standard InChI is InChI=1S/C26H38F2N4O3.ClH/c1-16-13-31(25(35)23(29-17(2)33)12-26(3,4)5)9-10-32(16)24(34)21-15-30(6)14-20(21)19-8-7-18(27)11-22(19)28;/h7-8,11,16,20-21,23H,9-10,12-15H2,1-6H3,(H,29,33);1H/t16-,20-,21+,23-;/m0./s1. The molecule has 1 aromatic rings. The van der Waals surface area contributed by atoms with Crippen LogP contribution in [-0.4, -0.2) is 84.3 Å². The summed E-state index contributed by atoms with van der Waals surface area (Å²) in [5.74, 6) is -2.54. The van der Waals surface area contributed by atoms with Gasteiger partial charge in [0.05, 0.1) is 5.92 Å². The van der Waals surface area contributed by atoms with E-state index in [0.717, 1.165) is 6.07 Å². The number of amides is 3. The molecule has 4 atom stereocenters. The first-order valence-corrected chi connectivity index (χ1v) is 12.3. The fourth-order valence-corrected chi connectivity index (χ4v) is 5.34. The highest BCUT2D eigenvalue weighted by molar-refractivity contribution is 5.87. The molecular formula is C26H39ClF2N4O3. The molecule has 0 spiro atoms. The molecule has 0 unspecified atom stereocenters. The molecule has 36 heavy (non-hydrogen) atoms. The predicted octanol–water partition coefficient (Wildman–Crippen LogP) is 3.03. The Hall–Kier alpha value is -2.26. The Morgan fingerprint density at radius 3 is 2.33 bits per heavy atom. The van der Waals surface area contributed by atoms with E-state index < -0.39 is 23.6 Å². The first-order chi connectivity index (χ1) is 16.3. The van der Waals surface area contributed by atoms with Gasteiger partial charge in [-0.2, -0.15) is 0 Å². The van der Waals surface area contributed by atoms with Gasteiger partial charge in [-0.3, -0.25) is 14.4 Å². The number of piperazine rings is 1. The van der Waals surface area contributed by atoms with Gasteiger partial charge in [0.1, 0.15) is 17.7 Å². The lowest BCUT2D eigenvalue weighted by Gasteiger charge is -2.42. The molecule has 1 N–H and O–H groups in total. The summed E-state index contributed by atoms with van der Waals surface area (Å²) in [6.07, 6.45) is 0.512. The smallest absolute Gasteiger partial charge is 0.245 e. The topological polar surface area (TPSA) is 73.0 Å². The van der Waals surface area contributed by atoms with Crippen molar-refractivity contribution in [2.75, 3.05) is 39.8 Å². The average Bonchev–Trinajstić information content (AvgIpc) is 3.12. The molecule has 3 rings (SSSR count). The molecule has 2 saturated heterocycles. The lowest BCUT2D eigenvalue weighted by molar-refractivity contribution is -0.147. The summed E-state index contributed by atoms with van der Waals surface area (Å²) < 4.78 is 28.0. The van der Waals surface area contributed by atoms with Crippen LogP contribution in [0.25, 0.3) is 0 Å². The summed E-state index contributed by atoms with van der Waals surface area (Å²) in [5.41, 5.74) is 0.210. The minimum Gasteiger partial charge on any atom is -0.345 e. The van der Waals surface area contributed by atoms with Crippen molar-refractivity contribution in [3.8, 4) is 0 Å². The van der Waals surface area contributed by atoms with Crippen molar-refractivity contribution < 1.29 is 23.2 Å². The summed E-state index contributed by atoms with van der Waals surface area (Å²) in [4.78, 5) is 44.1. The number of carbonyl (C=O) groups is 3. The lowest BCUT2D eigenvalue weighted by atomic mass is 9.86. The van der Waals surface area contributed by atoms with Crippen LogP contribution in [0.3, 0.4) is 0 Å². The number of hydrogen-bond donors (Lipinski definition) is 1. The number of carbonyl (C=O) groups excluding carboxylic acids is 3. The maximum atomic E-state index is 14.6. The third-order valence-electron chi connectivity index (χ3n) is 6.90. The predicted molar refractivity (Wildman–Crippen MR) is 137 cm³/mol. The van der Waals surface area contributed by atoms with E-state index in [1.165, 1.54) is 19.1 Å². The van der Waals surface area contributed by atoms with Gasteiger partial charge in [0, 0.05) is 57.7 Å². The molecule has 0 aromatic heterocycles. The van der Waals surface area contributed by atoms with Crippen molar-refractivity contribution in [1.29, 1.82) is 0 Å². The molecular weight excluding hydrogens is 490 g/mol. The average molecular weight is 529 g/mol. The van der Waals surface area contributed by atoms with Crippen LogP contribution < -0.4 is 5.32 Å². The molecule has 10 heteroatoms. The Labute approximate surface area is 219 Å². The van der Waals surface area contributed by atoms with Crippen molar-refractivity contribution >= 4 is 30.1 Å². The third kappa shape index (κ3) is 7.16. The van der Waals surface area contributed by atoms with Gasteiger partial charge >= 0.3 is 0 Å². The van der Waals surface area contributed by atoms with Gasteiger partial charge in [0.2, 0.25) is 17.7 Å². The van der Waals surface area contributed by atoms with E-state index in [9.17, 15) is 23.2 Å². The number of nitrogens with zero attached hydrogens (tertiary/aromatic N) is 3. The Kier molecular flexibility index (Phi) is 9.87. The van der Waals surface area contributed by atoms with Gasteiger partial charge in [0.15, 0.2) is 0 Å². The van der Waals surface area contributed by atoms with Crippen molar-refractivity contribution in [2.45, 2.75) is 59.0 Å². The van der Waals surface area contributed by atoms with E-state index in [0.29, 0.717) is 44.7 Å². The highest BCUT2D eigenvalue weighted by atomic mass is 35.5. The number of rotatable bonds is 5. The molecule has 202 valence electrons. The second kappa shape index (κ2) is 11.9. The van der Waals surface area contributed by atoms with Crippen LogP contribution in [0.1, 0.15) is 52.5 Å². The number of likely N-dealkylation sites (tertiary alicyclic amines) is 1. The zero-order valence-corrected chi connectivity index (χ0v) is 22.8. The molecule has 2 heterocycles. The number of halogens is 3. The first kappa shape index (κ1) is 30.0. The molecule has 2 fully saturated rings. The SMILES string of the molecule is CC(=O)N[C@@H](CC(C)(C)C)C(=O)N1CCN(C(=O)[C@@H]2CN(C)C[C@H]2c2ccc(F)cc2F)[C@@H](C)C1.Cl. The summed E-state index contributed by atoms with van der Waals surface area (Å²) in [5, 5.41) is 2.79. The van der Waals surface area contributed by atoms with Crippen molar-refractivity contribution in [3.63, 3.8) is 0 Å². The quantitative estimate of drug-likeness (QED) is 0.637. The second-order valence-corrected chi connectivity index (χ2v) is 11.3. The van der Waals surface area contributed by atoms with Crippen molar-refractivity contribution in [2.24, 2.45) is 11.3 Å². The number of hydrogen-bond acceptors (Lipinski definition) is 4. The molecule has 0 bridgehead atoms. The normalized spacial score (nSPS) is 23.7. The Morgan fingerprint density at radius 1 is 1.11 bits per heavy atom. The minimum absolute atomic E-state index is 0. The summed E-state index contributed by atoms with van der Waals surface area (Å²) >= 11 is 0. The molecule has 1 aromatic carbocycles. The van der Waals surface area contributed by atoms with Gasteiger partial charge in [-0.1, -0.05) is 26.8 Å². The van der Waals surface area contributed by atoms with Crippen LogP contribution in [-0.2, 0) is 14.4 Å². The number of benzene rings is 1. The largest absolute Gasteiger partial charge is 0.345 e. The Morgan fingerprint density at radius 2 is 1.78 bits per heavy atom. The van der Waals surface area contributed by atoms with Crippen LogP contribution in [0, 0.1) is 23.0 Å². The molecule has 2 aliphatic heterocycles. The highest BCUT2D eigenvalue weighted by Gasteiger charge is 2.43.